The fraction of sp³-hybridized carbons (Fsp3) is 0.0588. The van der Waals surface area contributed by atoms with Crippen LogP contribution in [0.2, 0.25) is 15.1 Å². The Morgan fingerprint density at radius 1 is 1.14 bits per heavy atom. The molecule has 0 aliphatic carbocycles. The average Bonchev–Trinajstić information content (AvgIpc) is 3.12. The van der Waals surface area contributed by atoms with E-state index in [1.165, 1.54) is 35.1 Å². The van der Waals surface area contributed by atoms with E-state index in [9.17, 15) is 14.9 Å². The predicted octanol–water partition coefficient (Wildman–Crippen LogP) is 5.04. The van der Waals surface area contributed by atoms with Gasteiger partial charge >= 0.3 is 0 Å². The summed E-state index contributed by atoms with van der Waals surface area (Å²) in [5, 5.41) is 18.3. The van der Waals surface area contributed by atoms with Crippen LogP contribution in [-0.2, 0) is 6.73 Å². The maximum absolute atomic E-state index is 12.3. The molecule has 0 saturated heterocycles. The molecule has 0 aliphatic rings. The monoisotopic (exact) mass is 440 g/mol. The van der Waals surface area contributed by atoms with Gasteiger partial charge in [0, 0.05) is 18.3 Å². The number of aromatic nitrogens is 2. The minimum atomic E-state index is -0.586. The molecule has 11 heteroatoms. The number of anilines is 1. The van der Waals surface area contributed by atoms with Crippen molar-refractivity contribution in [1.82, 2.24) is 9.78 Å². The van der Waals surface area contributed by atoms with Gasteiger partial charge in [0.15, 0.2) is 18.2 Å². The standard InChI is InChI=1S/C17H11Cl3N4O4/c18-11-5-4-10(24(26)27)8-15(11)21-17(25)14-6-7-23(22-14)9-28-16-12(19)2-1-3-13(16)20/h1-8H,9H2,(H,21,25). The first-order chi connectivity index (χ1) is 13.3. The van der Waals surface area contributed by atoms with E-state index >= 15 is 0 Å². The Bertz CT molecular complexity index is 1030. The number of amides is 1. The van der Waals surface area contributed by atoms with Gasteiger partial charge in [-0.05, 0) is 24.3 Å². The van der Waals surface area contributed by atoms with Crippen molar-refractivity contribution in [2.24, 2.45) is 0 Å². The fourth-order valence-electron chi connectivity index (χ4n) is 2.21. The zero-order valence-electron chi connectivity index (χ0n) is 13.9. The molecule has 0 fully saturated rings. The molecule has 1 N–H and O–H groups in total. The molecular weight excluding hydrogens is 431 g/mol. The molecule has 0 bridgehead atoms. The molecule has 3 rings (SSSR count). The van der Waals surface area contributed by atoms with Gasteiger partial charge < -0.3 is 10.1 Å². The summed E-state index contributed by atoms with van der Waals surface area (Å²) in [5.41, 5.74) is -0.0267. The van der Waals surface area contributed by atoms with E-state index < -0.39 is 10.8 Å². The quantitative estimate of drug-likeness (QED) is 0.427. The zero-order chi connectivity index (χ0) is 20.3. The van der Waals surface area contributed by atoms with E-state index in [2.05, 4.69) is 10.4 Å². The van der Waals surface area contributed by atoms with Gasteiger partial charge in [-0.15, -0.1) is 0 Å². The largest absolute Gasteiger partial charge is 0.468 e. The smallest absolute Gasteiger partial charge is 0.276 e. The maximum atomic E-state index is 12.3. The van der Waals surface area contributed by atoms with Gasteiger partial charge in [0.25, 0.3) is 11.6 Å². The third-order valence-electron chi connectivity index (χ3n) is 3.54. The first-order valence-electron chi connectivity index (χ1n) is 7.70. The Morgan fingerprint density at radius 3 is 2.54 bits per heavy atom. The molecule has 144 valence electrons. The van der Waals surface area contributed by atoms with Crippen molar-refractivity contribution in [2.75, 3.05) is 5.32 Å². The Kier molecular flexibility index (Phi) is 6.03. The Hall–Kier alpha value is -2.81. The number of para-hydroxylation sites is 1. The van der Waals surface area contributed by atoms with Crippen LogP contribution >= 0.6 is 34.8 Å². The maximum Gasteiger partial charge on any atom is 0.276 e. The van der Waals surface area contributed by atoms with Crippen LogP contribution in [0.15, 0.2) is 48.7 Å². The van der Waals surface area contributed by atoms with Crippen LogP contribution in [0, 0.1) is 10.1 Å². The summed E-state index contributed by atoms with van der Waals surface area (Å²) in [6, 6.07) is 10.1. The van der Waals surface area contributed by atoms with Crippen LogP contribution < -0.4 is 10.1 Å². The molecule has 1 heterocycles. The molecule has 0 atom stereocenters. The number of nitrogens with one attached hydrogen (secondary N) is 1. The number of carbonyl (C=O) groups is 1. The van der Waals surface area contributed by atoms with Gasteiger partial charge in [-0.1, -0.05) is 40.9 Å². The van der Waals surface area contributed by atoms with Crippen LogP contribution in [0.3, 0.4) is 0 Å². The van der Waals surface area contributed by atoms with E-state index in [1.807, 2.05) is 0 Å². The number of carbonyl (C=O) groups excluding carboxylic acids is 1. The van der Waals surface area contributed by atoms with E-state index in [0.29, 0.717) is 15.8 Å². The highest BCUT2D eigenvalue weighted by molar-refractivity contribution is 6.37. The zero-order valence-corrected chi connectivity index (χ0v) is 16.2. The van der Waals surface area contributed by atoms with E-state index in [0.717, 1.165) is 0 Å². The van der Waals surface area contributed by atoms with E-state index in [1.54, 1.807) is 18.2 Å². The topological polar surface area (TPSA) is 99.3 Å². The number of halogens is 3. The lowest BCUT2D eigenvalue weighted by Gasteiger charge is -2.09. The summed E-state index contributed by atoms with van der Waals surface area (Å²) in [6.07, 6.45) is 1.52. The number of nitro benzene ring substituents is 1. The van der Waals surface area contributed by atoms with Crippen molar-refractivity contribution in [3.8, 4) is 5.75 Å². The van der Waals surface area contributed by atoms with Gasteiger partial charge in [-0.3, -0.25) is 14.9 Å². The van der Waals surface area contributed by atoms with Gasteiger partial charge in [0.1, 0.15) is 0 Å². The average molecular weight is 442 g/mol. The number of ether oxygens (including phenoxy) is 1. The van der Waals surface area contributed by atoms with Crippen molar-refractivity contribution in [1.29, 1.82) is 0 Å². The second-order valence-corrected chi connectivity index (χ2v) is 6.66. The molecular formula is C17H11Cl3N4O4. The Morgan fingerprint density at radius 2 is 1.86 bits per heavy atom. The molecule has 8 nitrogen and oxygen atoms in total. The second kappa shape index (κ2) is 8.47. The fourth-order valence-corrected chi connectivity index (χ4v) is 2.89. The van der Waals surface area contributed by atoms with Crippen LogP contribution in [0.5, 0.6) is 5.75 Å². The summed E-state index contributed by atoms with van der Waals surface area (Å²) < 4.78 is 6.90. The second-order valence-electron chi connectivity index (χ2n) is 5.44. The van der Waals surface area contributed by atoms with Crippen LogP contribution in [0.25, 0.3) is 0 Å². The molecule has 0 saturated carbocycles. The lowest BCUT2D eigenvalue weighted by Crippen LogP contribution is -2.14. The third kappa shape index (κ3) is 4.53. The lowest BCUT2D eigenvalue weighted by molar-refractivity contribution is -0.384. The normalized spacial score (nSPS) is 10.5. The summed E-state index contributed by atoms with van der Waals surface area (Å²) >= 11 is 18.0. The number of non-ortho nitro benzene ring substituents is 1. The van der Waals surface area contributed by atoms with Crippen molar-refractivity contribution >= 4 is 52.1 Å². The molecule has 0 aliphatic heterocycles. The van der Waals surface area contributed by atoms with Gasteiger partial charge in [0.2, 0.25) is 0 Å². The van der Waals surface area contributed by atoms with Crippen LogP contribution in [0.1, 0.15) is 10.5 Å². The van der Waals surface area contributed by atoms with Gasteiger partial charge in [0.05, 0.1) is 25.7 Å². The van der Waals surface area contributed by atoms with Crippen molar-refractivity contribution in [3.05, 3.63) is 79.5 Å². The lowest BCUT2D eigenvalue weighted by atomic mass is 10.2. The summed E-state index contributed by atoms with van der Waals surface area (Å²) in [7, 11) is 0. The van der Waals surface area contributed by atoms with Crippen LogP contribution in [-0.4, -0.2) is 20.6 Å². The minimum Gasteiger partial charge on any atom is -0.468 e. The Labute approximate surface area is 173 Å². The highest BCUT2D eigenvalue weighted by Crippen LogP contribution is 2.32. The number of nitrogens with zero attached hydrogens (tertiary/aromatic N) is 3. The van der Waals surface area contributed by atoms with E-state index in [-0.39, 0.29) is 28.8 Å². The van der Waals surface area contributed by atoms with Gasteiger partial charge in [-0.2, -0.15) is 5.10 Å². The molecule has 2 aromatic carbocycles. The van der Waals surface area contributed by atoms with Crippen molar-refractivity contribution in [2.45, 2.75) is 6.73 Å². The first kappa shape index (κ1) is 19.9. The molecule has 28 heavy (non-hydrogen) atoms. The first-order valence-corrected chi connectivity index (χ1v) is 8.84. The Balaban J connectivity index is 1.69. The molecule has 0 spiro atoms. The number of hydrogen-bond acceptors (Lipinski definition) is 5. The van der Waals surface area contributed by atoms with Crippen LogP contribution in [0.4, 0.5) is 11.4 Å². The van der Waals surface area contributed by atoms with Crippen molar-refractivity contribution < 1.29 is 14.5 Å². The number of rotatable bonds is 6. The third-order valence-corrected chi connectivity index (χ3v) is 4.47. The summed E-state index contributed by atoms with van der Waals surface area (Å²) in [6.45, 7) is -0.0334. The highest BCUT2D eigenvalue weighted by atomic mass is 35.5. The summed E-state index contributed by atoms with van der Waals surface area (Å²) in [5.74, 6) is -0.285. The van der Waals surface area contributed by atoms with Gasteiger partial charge in [-0.25, -0.2) is 4.68 Å². The predicted molar refractivity (Wildman–Crippen MR) is 105 cm³/mol. The molecule has 0 radical (unpaired) electrons. The van der Waals surface area contributed by atoms with E-state index in [4.69, 9.17) is 39.5 Å². The highest BCUT2D eigenvalue weighted by Gasteiger charge is 2.15. The molecule has 1 aromatic heterocycles. The molecule has 0 unspecified atom stereocenters. The summed E-state index contributed by atoms with van der Waals surface area (Å²) in [4.78, 5) is 22.6. The minimum absolute atomic E-state index is 0.0334. The number of hydrogen-bond donors (Lipinski definition) is 1. The van der Waals surface area contributed by atoms with Crippen molar-refractivity contribution in [3.63, 3.8) is 0 Å². The molecule has 1 amide bonds. The number of benzene rings is 2. The number of nitro groups is 1. The SMILES string of the molecule is O=C(Nc1cc([N+](=O)[O-])ccc1Cl)c1ccn(COc2c(Cl)cccc2Cl)n1. The molecule has 3 aromatic rings.